The predicted octanol–water partition coefficient (Wildman–Crippen LogP) is 3.16. The van der Waals surface area contributed by atoms with Gasteiger partial charge in [0.1, 0.15) is 0 Å². The van der Waals surface area contributed by atoms with Crippen molar-refractivity contribution in [2.24, 2.45) is 5.92 Å². The Morgan fingerprint density at radius 2 is 2.04 bits per heavy atom. The molecule has 1 aliphatic rings. The summed E-state index contributed by atoms with van der Waals surface area (Å²) in [5, 5.41) is 2.81. The minimum absolute atomic E-state index is 0.0484. The summed E-state index contributed by atoms with van der Waals surface area (Å²) in [6.45, 7) is 0.521. The number of nitrogens with one attached hydrogen (secondary N) is 1. The van der Waals surface area contributed by atoms with E-state index in [-0.39, 0.29) is 37.9 Å². The summed E-state index contributed by atoms with van der Waals surface area (Å²) in [6, 6.07) is 10.3. The van der Waals surface area contributed by atoms with E-state index in [1.54, 1.807) is 24.4 Å². The van der Waals surface area contributed by atoms with Crippen LogP contribution in [0.4, 0.5) is 13.2 Å². The van der Waals surface area contributed by atoms with Crippen LogP contribution in [0.5, 0.6) is 0 Å². The van der Waals surface area contributed by atoms with Crippen LogP contribution in [0.15, 0.2) is 48.7 Å². The number of aromatic nitrogens is 1. The number of benzene rings is 1. The normalized spacial score (nSPS) is 17.5. The van der Waals surface area contributed by atoms with Crippen molar-refractivity contribution in [1.82, 2.24) is 15.2 Å². The SMILES string of the molecule is O=C(NCc1ccccn1)[C@H]1CCC(=O)N(Cc2cccc(C(F)(F)F)c2)C1. The quantitative estimate of drug-likeness (QED) is 0.852. The molecule has 148 valence electrons. The van der Waals surface area contributed by atoms with Gasteiger partial charge in [-0.2, -0.15) is 13.2 Å². The first-order valence-corrected chi connectivity index (χ1v) is 8.94. The van der Waals surface area contributed by atoms with Crippen molar-refractivity contribution in [2.75, 3.05) is 6.54 Å². The van der Waals surface area contributed by atoms with Gasteiger partial charge in [0.15, 0.2) is 0 Å². The van der Waals surface area contributed by atoms with Crippen LogP contribution in [0.25, 0.3) is 0 Å². The number of amides is 2. The minimum atomic E-state index is -4.43. The van der Waals surface area contributed by atoms with Gasteiger partial charge in [0.05, 0.1) is 23.7 Å². The topological polar surface area (TPSA) is 62.3 Å². The van der Waals surface area contributed by atoms with Crippen LogP contribution in [0.1, 0.15) is 29.7 Å². The molecule has 1 N–H and O–H groups in total. The predicted molar refractivity (Wildman–Crippen MR) is 95.7 cm³/mol. The Morgan fingerprint density at radius 3 is 2.75 bits per heavy atom. The molecule has 0 bridgehead atoms. The first-order chi connectivity index (χ1) is 13.3. The van der Waals surface area contributed by atoms with E-state index in [0.717, 1.165) is 17.8 Å². The fourth-order valence-electron chi connectivity index (χ4n) is 3.17. The Morgan fingerprint density at radius 1 is 1.21 bits per heavy atom. The summed E-state index contributed by atoms with van der Waals surface area (Å²) < 4.78 is 38.6. The van der Waals surface area contributed by atoms with Crippen LogP contribution in [0.3, 0.4) is 0 Å². The maximum Gasteiger partial charge on any atom is 0.416 e. The van der Waals surface area contributed by atoms with Gasteiger partial charge in [0, 0.05) is 25.7 Å². The van der Waals surface area contributed by atoms with Gasteiger partial charge in [-0.3, -0.25) is 14.6 Å². The third kappa shape index (κ3) is 5.09. The lowest BCUT2D eigenvalue weighted by molar-refractivity contribution is -0.139. The third-order valence-electron chi connectivity index (χ3n) is 4.67. The number of likely N-dealkylation sites (tertiary alicyclic amines) is 1. The largest absolute Gasteiger partial charge is 0.416 e. The highest BCUT2D eigenvalue weighted by Gasteiger charge is 2.32. The summed E-state index contributed by atoms with van der Waals surface area (Å²) in [7, 11) is 0. The number of rotatable bonds is 5. The molecule has 2 amide bonds. The fourth-order valence-corrected chi connectivity index (χ4v) is 3.17. The molecule has 1 fully saturated rings. The summed E-state index contributed by atoms with van der Waals surface area (Å²) in [4.78, 5) is 30.2. The number of carbonyl (C=O) groups excluding carboxylic acids is 2. The van der Waals surface area contributed by atoms with Crippen LogP contribution in [-0.2, 0) is 28.9 Å². The van der Waals surface area contributed by atoms with Crippen molar-refractivity contribution in [1.29, 1.82) is 0 Å². The van der Waals surface area contributed by atoms with E-state index in [2.05, 4.69) is 10.3 Å². The lowest BCUT2D eigenvalue weighted by Crippen LogP contribution is -2.45. The Bertz CT molecular complexity index is 840. The zero-order valence-electron chi connectivity index (χ0n) is 15.1. The number of hydrogen-bond acceptors (Lipinski definition) is 3. The molecule has 1 atom stereocenters. The van der Waals surface area contributed by atoms with Crippen LogP contribution >= 0.6 is 0 Å². The number of alkyl halides is 3. The third-order valence-corrected chi connectivity index (χ3v) is 4.67. The van der Waals surface area contributed by atoms with E-state index in [1.807, 2.05) is 6.07 Å². The molecule has 5 nitrogen and oxygen atoms in total. The monoisotopic (exact) mass is 391 g/mol. The Balaban J connectivity index is 1.61. The van der Waals surface area contributed by atoms with Gasteiger partial charge in [-0.05, 0) is 36.2 Å². The lowest BCUT2D eigenvalue weighted by atomic mass is 9.96. The summed E-state index contributed by atoms with van der Waals surface area (Å²) in [6.07, 6.45) is -2.18. The molecule has 1 aromatic heterocycles. The van der Waals surface area contributed by atoms with Crippen molar-refractivity contribution in [2.45, 2.75) is 32.1 Å². The summed E-state index contributed by atoms with van der Waals surface area (Å²) in [5.41, 5.74) is 0.361. The fraction of sp³-hybridized carbons (Fsp3) is 0.350. The maximum absolute atomic E-state index is 12.9. The molecule has 1 saturated heterocycles. The van der Waals surface area contributed by atoms with Crippen LogP contribution < -0.4 is 5.32 Å². The molecule has 0 radical (unpaired) electrons. The smallest absolute Gasteiger partial charge is 0.350 e. The zero-order chi connectivity index (χ0) is 20.1. The van der Waals surface area contributed by atoms with E-state index in [9.17, 15) is 22.8 Å². The number of halogens is 3. The number of hydrogen-bond donors (Lipinski definition) is 1. The van der Waals surface area contributed by atoms with Gasteiger partial charge in [0.2, 0.25) is 11.8 Å². The first-order valence-electron chi connectivity index (χ1n) is 8.94. The van der Waals surface area contributed by atoms with E-state index < -0.39 is 17.7 Å². The standard InChI is InChI=1S/C20H20F3N3O2/c21-20(22,23)16-5-3-4-14(10-16)12-26-13-15(7-8-18(26)27)19(28)25-11-17-6-1-2-9-24-17/h1-6,9-10,15H,7-8,11-13H2,(H,25,28)/t15-/m0/s1. The van der Waals surface area contributed by atoms with Crippen molar-refractivity contribution in [3.63, 3.8) is 0 Å². The molecule has 2 heterocycles. The second-order valence-corrected chi connectivity index (χ2v) is 6.75. The summed E-state index contributed by atoms with van der Waals surface area (Å²) >= 11 is 0. The van der Waals surface area contributed by atoms with Gasteiger partial charge in [0.25, 0.3) is 0 Å². The lowest BCUT2D eigenvalue weighted by Gasteiger charge is -2.32. The van der Waals surface area contributed by atoms with E-state index >= 15 is 0 Å². The second kappa shape index (κ2) is 8.41. The van der Waals surface area contributed by atoms with E-state index in [1.165, 1.54) is 11.0 Å². The molecule has 0 saturated carbocycles. The average molecular weight is 391 g/mol. The highest BCUT2D eigenvalue weighted by molar-refractivity contribution is 5.83. The molecule has 8 heteroatoms. The number of nitrogens with zero attached hydrogens (tertiary/aromatic N) is 2. The van der Waals surface area contributed by atoms with Crippen LogP contribution in [0.2, 0.25) is 0 Å². The summed E-state index contributed by atoms with van der Waals surface area (Å²) in [5.74, 6) is -0.745. The van der Waals surface area contributed by atoms with Crippen molar-refractivity contribution < 1.29 is 22.8 Å². The molecule has 0 unspecified atom stereocenters. The van der Waals surface area contributed by atoms with Gasteiger partial charge in [-0.1, -0.05) is 18.2 Å². The molecule has 1 aromatic carbocycles. The zero-order valence-corrected chi connectivity index (χ0v) is 15.1. The first kappa shape index (κ1) is 19.9. The average Bonchev–Trinajstić information content (AvgIpc) is 2.68. The Kier molecular flexibility index (Phi) is 5.96. The van der Waals surface area contributed by atoms with Gasteiger partial charge >= 0.3 is 6.18 Å². The molecular weight excluding hydrogens is 371 g/mol. The molecule has 0 spiro atoms. The highest BCUT2D eigenvalue weighted by atomic mass is 19.4. The number of carbonyl (C=O) groups is 2. The molecule has 0 aliphatic carbocycles. The van der Waals surface area contributed by atoms with Crippen molar-refractivity contribution in [3.05, 3.63) is 65.5 Å². The highest BCUT2D eigenvalue weighted by Crippen LogP contribution is 2.30. The number of pyridine rings is 1. The van der Waals surface area contributed by atoms with Crippen molar-refractivity contribution >= 4 is 11.8 Å². The van der Waals surface area contributed by atoms with Gasteiger partial charge in [-0.15, -0.1) is 0 Å². The molecule has 3 rings (SSSR count). The van der Waals surface area contributed by atoms with E-state index in [4.69, 9.17) is 0 Å². The maximum atomic E-state index is 12.9. The van der Waals surface area contributed by atoms with Crippen molar-refractivity contribution in [3.8, 4) is 0 Å². The second-order valence-electron chi connectivity index (χ2n) is 6.75. The number of piperidine rings is 1. The molecule has 2 aromatic rings. The van der Waals surface area contributed by atoms with Gasteiger partial charge < -0.3 is 10.2 Å². The van der Waals surface area contributed by atoms with Crippen LogP contribution in [0, 0.1) is 5.92 Å². The Labute approximate surface area is 160 Å². The van der Waals surface area contributed by atoms with E-state index in [0.29, 0.717) is 12.0 Å². The van der Waals surface area contributed by atoms with Gasteiger partial charge in [-0.25, -0.2) is 0 Å². The molecule has 1 aliphatic heterocycles. The Hall–Kier alpha value is -2.90. The molecular formula is C20H20F3N3O2. The van der Waals surface area contributed by atoms with Crippen LogP contribution in [-0.4, -0.2) is 28.2 Å². The minimum Gasteiger partial charge on any atom is -0.350 e. The molecule has 28 heavy (non-hydrogen) atoms.